The highest BCUT2D eigenvalue weighted by atomic mass is 16.5. The fourth-order valence-corrected chi connectivity index (χ4v) is 2.80. The van der Waals surface area contributed by atoms with E-state index in [0.29, 0.717) is 17.9 Å². The van der Waals surface area contributed by atoms with Crippen molar-refractivity contribution in [3.8, 4) is 17.5 Å². The van der Waals surface area contributed by atoms with Gasteiger partial charge in [0.25, 0.3) is 0 Å². The molecular formula is C20H19N3O. The van der Waals surface area contributed by atoms with Gasteiger partial charge in [-0.3, -0.25) is 0 Å². The lowest BCUT2D eigenvalue weighted by Crippen LogP contribution is -2.07. The Hall–Kier alpha value is -3.06. The van der Waals surface area contributed by atoms with Crippen molar-refractivity contribution >= 4 is 0 Å². The van der Waals surface area contributed by atoms with Gasteiger partial charge in [0.15, 0.2) is 0 Å². The van der Waals surface area contributed by atoms with Crippen LogP contribution in [0.1, 0.15) is 28.1 Å². The van der Waals surface area contributed by atoms with Gasteiger partial charge in [0.1, 0.15) is 24.0 Å². The molecule has 0 N–H and O–H groups in total. The Morgan fingerprint density at radius 1 is 1.04 bits per heavy atom. The average Bonchev–Trinajstić information content (AvgIpc) is 2.88. The predicted molar refractivity (Wildman–Crippen MR) is 93.3 cm³/mol. The van der Waals surface area contributed by atoms with E-state index in [9.17, 15) is 5.26 Å². The summed E-state index contributed by atoms with van der Waals surface area (Å²) in [5.74, 6) is 0.801. The molecule has 0 amide bonds. The Kier molecular flexibility index (Phi) is 4.35. The largest absolute Gasteiger partial charge is 0.487 e. The number of aromatic nitrogens is 2. The van der Waals surface area contributed by atoms with Crippen molar-refractivity contribution < 1.29 is 4.74 Å². The standard InChI is InChI=1S/C20H19N3O/c1-14-9-15(2)11-18(10-14)24-13-20-19(12-21)16(3)22-23(20)17-7-5-4-6-8-17/h4-11H,13H2,1-3H3. The summed E-state index contributed by atoms with van der Waals surface area (Å²) in [6, 6.07) is 18.1. The van der Waals surface area contributed by atoms with Crippen molar-refractivity contribution in [3.63, 3.8) is 0 Å². The van der Waals surface area contributed by atoms with Gasteiger partial charge in [-0.05, 0) is 56.2 Å². The van der Waals surface area contributed by atoms with Crippen molar-refractivity contribution in [2.45, 2.75) is 27.4 Å². The molecule has 2 aromatic carbocycles. The summed E-state index contributed by atoms with van der Waals surface area (Å²) in [4.78, 5) is 0. The minimum absolute atomic E-state index is 0.293. The summed E-state index contributed by atoms with van der Waals surface area (Å²) >= 11 is 0. The van der Waals surface area contributed by atoms with E-state index in [1.807, 2.05) is 63.2 Å². The van der Waals surface area contributed by atoms with E-state index >= 15 is 0 Å². The van der Waals surface area contributed by atoms with Crippen molar-refractivity contribution in [1.82, 2.24) is 9.78 Å². The smallest absolute Gasteiger partial charge is 0.132 e. The molecule has 0 spiro atoms. The number of nitrogens with zero attached hydrogens (tertiary/aromatic N) is 3. The molecule has 0 fully saturated rings. The first-order chi connectivity index (χ1) is 11.6. The SMILES string of the molecule is Cc1cc(C)cc(OCc2c(C#N)c(C)nn2-c2ccccc2)c1. The first kappa shape index (κ1) is 15.8. The number of nitriles is 1. The highest BCUT2D eigenvalue weighted by molar-refractivity contribution is 5.43. The first-order valence-corrected chi connectivity index (χ1v) is 7.83. The summed E-state index contributed by atoms with van der Waals surface area (Å²) in [7, 11) is 0. The van der Waals surface area contributed by atoms with Gasteiger partial charge >= 0.3 is 0 Å². The molecule has 3 rings (SSSR count). The Morgan fingerprint density at radius 3 is 2.33 bits per heavy atom. The molecule has 4 heteroatoms. The van der Waals surface area contributed by atoms with Gasteiger partial charge in [0.05, 0.1) is 17.1 Å². The van der Waals surface area contributed by atoms with Gasteiger partial charge in [-0.25, -0.2) is 4.68 Å². The average molecular weight is 317 g/mol. The molecule has 120 valence electrons. The minimum atomic E-state index is 0.293. The maximum atomic E-state index is 9.49. The summed E-state index contributed by atoms with van der Waals surface area (Å²) in [6.45, 7) is 6.22. The molecule has 0 radical (unpaired) electrons. The Morgan fingerprint density at radius 2 is 1.71 bits per heavy atom. The van der Waals surface area contributed by atoms with Crippen LogP contribution >= 0.6 is 0 Å². The summed E-state index contributed by atoms with van der Waals surface area (Å²) in [6.07, 6.45) is 0. The summed E-state index contributed by atoms with van der Waals surface area (Å²) < 4.78 is 7.75. The molecule has 0 aliphatic carbocycles. The van der Waals surface area contributed by atoms with E-state index in [-0.39, 0.29) is 0 Å². The molecule has 0 saturated carbocycles. The molecule has 1 aromatic heterocycles. The van der Waals surface area contributed by atoms with Gasteiger partial charge in [0, 0.05) is 0 Å². The zero-order valence-corrected chi connectivity index (χ0v) is 14.1. The van der Waals surface area contributed by atoms with Crippen LogP contribution in [0.2, 0.25) is 0 Å². The third-order valence-corrected chi connectivity index (χ3v) is 3.84. The van der Waals surface area contributed by atoms with E-state index in [0.717, 1.165) is 28.3 Å². The van der Waals surface area contributed by atoms with Crippen LogP contribution in [0.5, 0.6) is 5.75 Å². The third-order valence-electron chi connectivity index (χ3n) is 3.84. The molecule has 4 nitrogen and oxygen atoms in total. The van der Waals surface area contributed by atoms with Gasteiger partial charge in [-0.15, -0.1) is 0 Å². The predicted octanol–water partition coefficient (Wildman–Crippen LogP) is 4.25. The lowest BCUT2D eigenvalue weighted by atomic mass is 10.1. The number of ether oxygens (including phenoxy) is 1. The molecule has 1 heterocycles. The van der Waals surface area contributed by atoms with Crippen LogP contribution in [0, 0.1) is 32.1 Å². The second-order valence-corrected chi connectivity index (χ2v) is 5.88. The van der Waals surface area contributed by atoms with E-state index < -0.39 is 0 Å². The van der Waals surface area contributed by atoms with Gasteiger partial charge < -0.3 is 4.74 Å². The summed E-state index contributed by atoms with van der Waals surface area (Å²) in [5, 5.41) is 14.0. The van der Waals surface area contributed by atoms with E-state index in [1.54, 1.807) is 4.68 Å². The zero-order chi connectivity index (χ0) is 17.1. The van der Waals surface area contributed by atoms with Crippen molar-refractivity contribution in [3.05, 3.63) is 76.6 Å². The van der Waals surface area contributed by atoms with Crippen LogP contribution in [-0.4, -0.2) is 9.78 Å². The number of hydrogen-bond acceptors (Lipinski definition) is 3. The second-order valence-electron chi connectivity index (χ2n) is 5.88. The fraction of sp³-hybridized carbons (Fsp3) is 0.200. The molecule has 24 heavy (non-hydrogen) atoms. The Bertz CT molecular complexity index is 884. The molecule has 0 aliphatic heterocycles. The van der Waals surface area contributed by atoms with Crippen LogP contribution in [-0.2, 0) is 6.61 Å². The maximum absolute atomic E-state index is 9.49. The van der Waals surface area contributed by atoms with Crippen molar-refractivity contribution in [2.75, 3.05) is 0 Å². The van der Waals surface area contributed by atoms with Crippen LogP contribution in [0.4, 0.5) is 0 Å². The zero-order valence-electron chi connectivity index (χ0n) is 14.1. The first-order valence-electron chi connectivity index (χ1n) is 7.83. The number of rotatable bonds is 4. The Labute approximate surface area is 141 Å². The normalized spacial score (nSPS) is 10.4. The van der Waals surface area contributed by atoms with Crippen LogP contribution in [0.3, 0.4) is 0 Å². The lowest BCUT2D eigenvalue weighted by molar-refractivity contribution is 0.297. The number of benzene rings is 2. The maximum Gasteiger partial charge on any atom is 0.132 e. The monoisotopic (exact) mass is 317 g/mol. The minimum Gasteiger partial charge on any atom is -0.487 e. The highest BCUT2D eigenvalue weighted by Gasteiger charge is 2.17. The van der Waals surface area contributed by atoms with E-state index in [2.05, 4.69) is 17.2 Å². The van der Waals surface area contributed by atoms with Gasteiger partial charge in [-0.1, -0.05) is 24.3 Å². The molecule has 0 bridgehead atoms. The Balaban J connectivity index is 1.96. The molecule has 0 atom stereocenters. The number of hydrogen-bond donors (Lipinski definition) is 0. The third kappa shape index (κ3) is 3.16. The fourth-order valence-electron chi connectivity index (χ4n) is 2.80. The molecule has 0 saturated heterocycles. The van der Waals surface area contributed by atoms with Gasteiger partial charge in [0.2, 0.25) is 0 Å². The molecule has 0 unspecified atom stereocenters. The van der Waals surface area contributed by atoms with Gasteiger partial charge in [-0.2, -0.15) is 10.4 Å². The number of para-hydroxylation sites is 1. The van der Waals surface area contributed by atoms with Crippen LogP contribution < -0.4 is 4.74 Å². The highest BCUT2D eigenvalue weighted by Crippen LogP contribution is 2.22. The topological polar surface area (TPSA) is 50.8 Å². The second kappa shape index (κ2) is 6.59. The summed E-state index contributed by atoms with van der Waals surface area (Å²) in [5.41, 5.74) is 5.27. The van der Waals surface area contributed by atoms with Crippen molar-refractivity contribution in [1.29, 1.82) is 5.26 Å². The van der Waals surface area contributed by atoms with Crippen LogP contribution in [0.25, 0.3) is 5.69 Å². The molecular weight excluding hydrogens is 298 g/mol. The molecule has 3 aromatic rings. The lowest BCUT2D eigenvalue weighted by Gasteiger charge is -2.11. The van der Waals surface area contributed by atoms with Crippen molar-refractivity contribution in [2.24, 2.45) is 0 Å². The van der Waals surface area contributed by atoms with E-state index in [4.69, 9.17) is 4.74 Å². The molecule has 0 aliphatic rings. The van der Waals surface area contributed by atoms with E-state index in [1.165, 1.54) is 0 Å². The quantitative estimate of drug-likeness (QED) is 0.723. The number of aryl methyl sites for hydroxylation is 3. The van der Waals surface area contributed by atoms with Crippen LogP contribution in [0.15, 0.2) is 48.5 Å².